The van der Waals surface area contributed by atoms with Gasteiger partial charge in [-0.3, -0.25) is 4.79 Å². The molecule has 1 saturated carbocycles. The number of hydrogen-bond acceptors (Lipinski definition) is 4. The van der Waals surface area contributed by atoms with E-state index in [1.165, 1.54) is 19.3 Å². The third-order valence-electron chi connectivity index (χ3n) is 4.50. The molecule has 6 heteroatoms. The van der Waals surface area contributed by atoms with Gasteiger partial charge in [-0.05, 0) is 30.5 Å². The molecule has 0 radical (unpaired) electrons. The van der Waals surface area contributed by atoms with Crippen LogP contribution >= 0.6 is 0 Å². The minimum Gasteiger partial charge on any atom is -0.497 e. The van der Waals surface area contributed by atoms with E-state index >= 15 is 0 Å². The fraction of sp³-hybridized carbons (Fsp3) is 0.444. The second kappa shape index (κ2) is 7.49. The molecule has 6 nitrogen and oxygen atoms in total. The van der Waals surface area contributed by atoms with Gasteiger partial charge in [-0.25, -0.2) is 4.68 Å². The largest absolute Gasteiger partial charge is 0.497 e. The van der Waals surface area contributed by atoms with Crippen molar-refractivity contribution in [1.29, 1.82) is 0 Å². The fourth-order valence-electron chi connectivity index (χ4n) is 3.19. The molecule has 128 valence electrons. The summed E-state index contributed by atoms with van der Waals surface area (Å²) in [7, 11) is 1.55. The molecule has 24 heavy (non-hydrogen) atoms. The number of benzene rings is 1. The molecule has 1 atom stereocenters. The molecule has 1 amide bonds. The lowest BCUT2D eigenvalue weighted by molar-refractivity contribution is -0.124. The van der Waals surface area contributed by atoms with Gasteiger partial charge in [-0.15, -0.1) is 0 Å². The Balaban J connectivity index is 1.71. The predicted molar refractivity (Wildman–Crippen MR) is 90.9 cm³/mol. The van der Waals surface area contributed by atoms with Crippen molar-refractivity contribution in [2.24, 2.45) is 0 Å². The maximum absolute atomic E-state index is 12.4. The zero-order chi connectivity index (χ0) is 16.9. The molecule has 1 aromatic heterocycles. The summed E-state index contributed by atoms with van der Waals surface area (Å²) in [4.78, 5) is 12.4. The van der Waals surface area contributed by atoms with Crippen molar-refractivity contribution in [3.05, 3.63) is 42.1 Å². The minimum absolute atomic E-state index is 0.318. The van der Waals surface area contributed by atoms with Crippen LogP contribution in [0.5, 0.6) is 5.75 Å². The number of carbonyl (C=O) groups excluding carboxylic acids is 1. The number of nitrogens with one attached hydrogen (secondary N) is 1. The highest BCUT2D eigenvalue weighted by atomic mass is 16.5. The highest BCUT2D eigenvalue weighted by Crippen LogP contribution is 2.30. The molecule has 1 fully saturated rings. The monoisotopic (exact) mass is 329 g/mol. The Hall–Kier alpha value is -2.34. The topological polar surface area (TPSA) is 76.4 Å². The molecular formula is C18H23N3O3. The summed E-state index contributed by atoms with van der Waals surface area (Å²) in [5.74, 6) is 0.765. The zero-order valence-corrected chi connectivity index (χ0v) is 13.8. The van der Waals surface area contributed by atoms with E-state index in [-0.39, 0.29) is 0 Å². The molecular weight excluding hydrogens is 306 g/mol. The minimum atomic E-state index is -1.25. The number of hydrogen-bond donors (Lipinski definition) is 2. The van der Waals surface area contributed by atoms with Crippen LogP contribution in [0.15, 0.2) is 36.5 Å². The van der Waals surface area contributed by atoms with Crippen molar-refractivity contribution in [3.8, 4) is 5.75 Å². The third kappa shape index (κ3) is 3.59. The molecule has 1 aliphatic carbocycles. The molecule has 1 aromatic carbocycles. The quantitative estimate of drug-likeness (QED) is 0.884. The number of aliphatic hydroxyl groups is 1. The number of aromatic nitrogens is 2. The number of nitrogens with zero attached hydrogens (tertiary/aromatic N) is 2. The van der Waals surface area contributed by atoms with Crippen molar-refractivity contribution in [1.82, 2.24) is 9.78 Å². The number of aliphatic hydroxyl groups excluding tert-OH is 1. The van der Waals surface area contributed by atoms with Crippen molar-refractivity contribution in [2.75, 3.05) is 12.4 Å². The molecule has 0 aliphatic heterocycles. The second-order valence-electron chi connectivity index (χ2n) is 6.12. The summed E-state index contributed by atoms with van der Waals surface area (Å²) in [5, 5.41) is 17.5. The molecule has 0 spiro atoms. The highest BCUT2D eigenvalue weighted by Gasteiger charge is 2.22. The molecule has 0 bridgehead atoms. The van der Waals surface area contributed by atoms with Gasteiger partial charge < -0.3 is 15.2 Å². The van der Waals surface area contributed by atoms with E-state index in [2.05, 4.69) is 10.4 Å². The van der Waals surface area contributed by atoms with Gasteiger partial charge >= 0.3 is 0 Å². The Morgan fingerprint density at radius 3 is 2.88 bits per heavy atom. The fourth-order valence-corrected chi connectivity index (χ4v) is 3.19. The van der Waals surface area contributed by atoms with Gasteiger partial charge in [0.1, 0.15) is 11.6 Å². The molecule has 2 aromatic rings. The van der Waals surface area contributed by atoms with E-state index in [9.17, 15) is 9.90 Å². The Morgan fingerprint density at radius 1 is 1.33 bits per heavy atom. The first-order valence-electron chi connectivity index (χ1n) is 8.35. The number of rotatable bonds is 5. The lowest BCUT2D eigenvalue weighted by atomic mass is 9.96. The number of anilines is 1. The number of carbonyl (C=O) groups is 1. The SMILES string of the molecule is COc1cccc(C(O)C(=O)Nc2ccnn2C2CCCCC2)c1. The first kappa shape index (κ1) is 16.5. The molecule has 0 saturated heterocycles. The summed E-state index contributed by atoms with van der Waals surface area (Å²) in [6.45, 7) is 0. The first-order chi connectivity index (χ1) is 11.7. The molecule has 1 heterocycles. The van der Waals surface area contributed by atoms with Crippen molar-refractivity contribution < 1.29 is 14.6 Å². The maximum atomic E-state index is 12.4. The van der Waals surface area contributed by atoms with Crippen LogP contribution in [0.3, 0.4) is 0 Å². The lowest BCUT2D eigenvalue weighted by Crippen LogP contribution is -2.24. The second-order valence-corrected chi connectivity index (χ2v) is 6.12. The zero-order valence-electron chi connectivity index (χ0n) is 13.8. The predicted octanol–water partition coefficient (Wildman–Crippen LogP) is 3.07. The Labute approximate surface area is 141 Å². The van der Waals surface area contributed by atoms with Crippen molar-refractivity contribution in [2.45, 2.75) is 44.2 Å². The van der Waals surface area contributed by atoms with Gasteiger partial charge in [0.25, 0.3) is 5.91 Å². The Kier molecular flexibility index (Phi) is 5.15. The third-order valence-corrected chi connectivity index (χ3v) is 4.50. The van der Waals surface area contributed by atoms with E-state index in [0.717, 1.165) is 12.8 Å². The molecule has 3 rings (SSSR count). The van der Waals surface area contributed by atoms with E-state index in [4.69, 9.17) is 4.74 Å². The van der Waals surface area contributed by atoms with Gasteiger partial charge in [0.05, 0.1) is 19.3 Å². The smallest absolute Gasteiger partial charge is 0.258 e. The molecule has 1 unspecified atom stereocenters. The van der Waals surface area contributed by atoms with E-state index in [1.807, 2.05) is 4.68 Å². The average molecular weight is 329 g/mol. The van der Waals surface area contributed by atoms with Crippen molar-refractivity contribution in [3.63, 3.8) is 0 Å². The number of amides is 1. The van der Waals surface area contributed by atoms with Crippen LogP contribution in [-0.4, -0.2) is 27.9 Å². The lowest BCUT2D eigenvalue weighted by Gasteiger charge is -2.24. The number of ether oxygens (including phenoxy) is 1. The van der Waals surface area contributed by atoms with Crippen molar-refractivity contribution >= 4 is 11.7 Å². The summed E-state index contributed by atoms with van der Waals surface area (Å²) in [5.41, 5.74) is 0.496. The van der Waals surface area contributed by atoms with Gasteiger partial charge in [0, 0.05) is 6.07 Å². The standard InChI is InChI=1S/C18H23N3O3/c1-24-15-9-5-6-13(12-15)17(22)18(23)20-16-10-11-19-21(16)14-7-3-2-4-8-14/h5-6,9-12,14,17,22H,2-4,7-8H2,1H3,(H,20,23). The normalized spacial score (nSPS) is 16.6. The Morgan fingerprint density at radius 2 is 2.12 bits per heavy atom. The summed E-state index contributed by atoms with van der Waals surface area (Å²) >= 11 is 0. The van der Waals surface area contributed by atoms with Gasteiger partial charge in [-0.1, -0.05) is 31.4 Å². The summed E-state index contributed by atoms with van der Waals surface area (Å²) in [6, 6.07) is 8.96. The van der Waals surface area contributed by atoms with Gasteiger partial charge in [0.2, 0.25) is 0 Å². The van der Waals surface area contributed by atoms with Gasteiger partial charge in [-0.2, -0.15) is 5.10 Å². The van der Waals surface area contributed by atoms with Crippen LogP contribution in [0.1, 0.15) is 49.8 Å². The van der Waals surface area contributed by atoms with E-state index in [0.29, 0.717) is 23.2 Å². The molecule has 1 aliphatic rings. The Bertz CT molecular complexity index is 692. The van der Waals surface area contributed by atoms with Crippen LogP contribution < -0.4 is 10.1 Å². The van der Waals surface area contributed by atoms with Crippen LogP contribution in [0.4, 0.5) is 5.82 Å². The van der Waals surface area contributed by atoms with Crippen LogP contribution in [0.25, 0.3) is 0 Å². The maximum Gasteiger partial charge on any atom is 0.258 e. The summed E-state index contributed by atoms with van der Waals surface area (Å²) < 4.78 is 7.00. The van der Waals surface area contributed by atoms with E-state index in [1.54, 1.807) is 43.6 Å². The van der Waals surface area contributed by atoms with Crippen LogP contribution in [0, 0.1) is 0 Å². The van der Waals surface area contributed by atoms with Gasteiger partial charge in [0.15, 0.2) is 6.10 Å². The number of methoxy groups -OCH3 is 1. The summed E-state index contributed by atoms with van der Waals surface area (Å²) in [6.07, 6.45) is 6.20. The van der Waals surface area contributed by atoms with Crippen LogP contribution in [-0.2, 0) is 4.79 Å². The van der Waals surface area contributed by atoms with E-state index < -0.39 is 12.0 Å². The first-order valence-corrected chi connectivity index (χ1v) is 8.35. The molecule has 2 N–H and O–H groups in total. The average Bonchev–Trinajstić information content (AvgIpc) is 3.10. The van der Waals surface area contributed by atoms with Crippen LogP contribution in [0.2, 0.25) is 0 Å². The highest BCUT2D eigenvalue weighted by molar-refractivity contribution is 5.94.